The molecule has 0 bridgehead atoms. The lowest BCUT2D eigenvalue weighted by Crippen LogP contribution is -2.01. The molecular weight excluding hydrogens is 246 g/mol. The standard InChI is InChI=1S/C17H27N3/c1-3-5-7-8-10-15(9-6-4-2)17-13-16-11-12-18-14-20(16)19-17/h11-15H,3-10H2,1-2H3. The van der Waals surface area contributed by atoms with Gasteiger partial charge in [0.05, 0.1) is 11.2 Å². The number of nitrogens with zero attached hydrogens (tertiary/aromatic N) is 3. The molecule has 0 aromatic carbocycles. The van der Waals surface area contributed by atoms with Gasteiger partial charge >= 0.3 is 0 Å². The molecule has 1 atom stereocenters. The molecule has 0 saturated heterocycles. The fraction of sp³-hybridized carbons (Fsp3) is 0.647. The van der Waals surface area contributed by atoms with Gasteiger partial charge in [-0.1, -0.05) is 52.4 Å². The maximum Gasteiger partial charge on any atom is 0.117 e. The lowest BCUT2D eigenvalue weighted by Gasteiger charge is -2.13. The van der Waals surface area contributed by atoms with E-state index in [2.05, 4.69) is 24.9 Å². The summed E-state index contributed by atoms with van der Waals surface area (Å²) in [6, 6.07) is 4.27. The Morgan fingerprint density at radius 1 is 1.05 bits per heavy atom. The summed E-state index contributed by atoms with van der Waals surface area (Å²) in [7, 11) is 0. The topological polar surface area (TPSA) is 30.2 Å². The Labute approximate surface area is 122 Å². The van der Waals surface area contributed by atoms with Crippen LogP contribution in [0.1, 0.15) is 76.8 Å². The molecule has 2 aromatic rings. The van der Waals surface area contributed by atoms with Crippen LogP contribution in [0.25, 0.3) is 5.52 Å². The smallest absolute Gasteiger partial charge is 0.117 e. The van der Waals surface area contributed by atoms with Crippen LogP contribution < -0.4 is 0 Å². The van der Waals surface area contributed by atoms with Gasteiger partial charge in [-0.15, -0.1) is 0 Å². The van der Waals surface area contributed by atoms with Gasteiger partial charge < -0.3 is 0 Å². The summed E-state index contributed by atoms with van der Waals surface area (Å²) in [4.78, 5) is 4.13. The SMILES string of the molecule is CCCCCCC(CCCC)c1cc2ccncn2n1. The summed E-state index contributed by atoms with van der Waals surface area (Å²) in [5.74, 6) is 0.617. The highest BCUT2D eigenvalue weighted by Crippen LogP contribution is 2.27. The first-order chi connectivity index (χ1) is 9.85. The van der Waals surface area contributed by atoms with E-state index in [1.54, 1.807) is 6.33 Å². The summed E-state index contributed by atoms with van der Waals surface area (Å²) in [6.45, 7) is 4.53. The molecule has 0 N–H and O–H groups in total. The Bertz CT molecular complexity index is 471. The molecule has 0 radical (unpaired) electrons. The average Bonchev–Trinajstić information content (AvgIpc) is 2.90. The molecule has 2 rings (SSSR count). The highest BCUT2D eigenvalue weighted by molar-refractivity contribution is 5.46. The predicted molar refractivity (Wildman–Crippen MR) is 84.0 cm³/mol. The number of fused-ring (bicyclic) bond motifs is 1. The highest BCUT2D eigenvalue weighted by Gasteiger charge is 2.14. The van der Waals surface area contributed by atoms with Crippen LogP contribution in [0.15, 0.2) is 24.7 Å². The Balaban J connectivity index is 2.04. The zero-order valence-electron chi connectivity index (χ0n) is 12.9. The Hall–Kier alpha value is -1.38. The van der Waals surface area contributed by atoms with Crippen LogP contribution in [0, 0.1) is 0 Å². The number of hydrogen-bond acceptors (Lipinski definition) is 2. The Morgan fingerprint density at radius 3 is 2.60 bits per heavy atom. The zero-order valence-corrected chi connectivity index (χ0v) is 12.9. The van der Waals surface area contributed by atoms with Crippen LogP contribution in [0.4, 0.5) is 0 Å². The zero-order chi connectivity index (χ0) is 14.2. The van der Waals surface area contributed by atoms with E-state index in [1.165, 1.54) is 57.1 Å². The van der Waals surface area contributed by atoms with Gasteiger partial charge in [0, 0.05) is 12.1 Å². The van der Waals surface area contributed by atoms with E-state index in [1.807, 2.05) is 16.8 Å². The van der Waals surface area contributed by atoms with Crippen molar-refractivity contribution in [1.82, 2.24) is 14.6 Å². The maximum absolute atomic E-state index is 4.72. The van der Waals surface area contributed by atoms with Crippen molar-refractivity contribution in [3.63, 3.8) is 0 Å². The second kappa shape index (κ2) is 8.03. The first-order valence-electron chi connectivity index (χ1n) is 8.14. The van der Waals surface area contributed by atoms with Crippen LogP contribution >= 0.6 is 0 Å². The molecule has 3 heteroatoms. The van der Waals surface area contributed by atoms with Crippen molar-refractivity contribution in [2.75, 3.05) is 0 Å². The monoisotopic (exact) mass is 273 g/mol. The van der Waals surface area contributed by atoms with Gasteiger partial charge in [0.1, 0.15) is 6.33 Å². The molecule has 0 saturated carbocycles. The molecule has 0 spiro atoms. The predicted octanol–water partition coefficient (Wildman–Crippen LogP) is 4.97. The average molecular weight is 273 g/mol. The van der Waals surface area contributed by atoms with Crippen molar-refractivity contribution in [3.8, 4) is 0 Å². The quantitative estimate of drug-likeness (QED) is 0.603. The van der Waals surface area contributed by atoms with Crippen molar-refractivity contribution in [3.05, 3.63) is 30.4 Å². The van der Waals surface area contributed by atoms with E-state index in [0.29, 0.717) is 5.92 Å². The molecule has 0 aliphatic carbocycles. The van der Waals surface area contributed by atoms with Crippen molar-refractivity contribution < 1.29 is 0 Å². The van der Waals surface area contributed by atoms with Crippen molar-refractivity contribution in [2.45, 2.75) is 71.1 Å². The Morgan fingerprint density at radius 2 is 1.85 bits per heavy atom. The lowest BCUT2D eigenvalue weighted by atomic mass is 9.92. The van der Waals surface area contributed by atoms with Crippen LogP contribution in [0.2, 0.25) is 0 Å². The first kappa shape index (κ1) is 15.0. The molecule has 0 amide bonds. The molecule has 0 aliphatic heterocycles. The van der Waals surface area contributed by atoms with E-state index in [-0.39, 0.29) is 0 Å². The minimum Gasteiger partial charge on any atom is -0.245 e. The molecule has 1 unspecified atom stereocenters. The van der Waals surface area contributed by atoms with E-state index in [0.717, 1.165) is 5.52 Å². The minimum absolute atomic E-state index is 0.617. The normalized spacial score (nSPS) is 12.9. The molecule has 2 aromatic heterocycles. The second-order valence-corrected chi connectivity index (χ2v) is 5.71. The van der Waals surface area contributed by atoms with Gasteiger partial charge in [0.25, 0.3) is 0 Å². The number of unbranched alkanes of at least 4 members (excludes halogenated alkanes) is 4. The first-order valence-corrected chi connectivity index (χ1v) is 8.14. The van der Waals surface area contributed by atoms with Crippen LogP contribution in [-0.4, -0.2) is 14.6 Å². The fourth-order valence-corrected chi connectivity index (χ4v) is 2.77. The number of hydrogen-bond donors (Lipinski definition) is 0. The Kier molecular flexibility index (Phi) is 6.03. The third-order valence-electron chi connectivity index (χ3n) is 4.02. The molecule has 2 heterocycles. The van der Waals surface area contributed by atoms with Gasteiger partial charge in [-0.25, -0.2) is 9.50 Å². The summed E-state index contributed by atoms with van der Waals surface area (Å²) in [5.41, 5.74) is 2.41. The maximum atomic E-state index is 4.72. The van der Waals surface area contributed by atoms with Crippen molar-refractivity contribution in [1.29, 1.82) is 0 Å². The summed E-state index contributed by atoms with van der Waals surface area (Å²) in [6.07, 6.45) is 14.1. The fourth-order valence-electron chi connectivity index (χ4n) is 2.77. The van der Waals surface area contributed by atoms with Crippen molar-refractivity contribution >= 4 is 5.52 Å². The van der Waals surface area contributed by atoms with Gasteiger partial charge in [0.15, 0.2) is 0 Å². The highest BCUT2D eigenvalue weighted by atomic mass is 15.2. The van der Waals surface area contributed by atoms with E-state index >= 15 is 0 Å². The van der Waals surface area contributed by atoms with Gasteiger partial charge in [0.2, 0.25) is 0 Å². The number of aromatic nitrogens is 3. The van der Waals surface area contributed by atoms with Gasteiger partial charge in [-0.3, -0.25) is 0 Å². The summed E-state index contributed by atoms with van der Waals surface area (Å²) < 4.78 is 1.90. The van der Waals surface area contributed by atoms with E-state index in [9.17, 15) is 0 Å². The van der Waals surface area contributed by atoms with Crippen molar-refractivity contribution in [2.24, 2.45) is 0 Å². The second-order valence-electron chi connectivity index (χ2n) is 5.71. The summed E-state index contributed by atoms with van der Waals surface area (Å²) in [5, 5.41) is 4.72. The third-order valence-corrected chi connectivity index (χ3v) is 4.02. The molecule has 110 valence electrons. The van der Waals surface area contributed by atoms with Gasteiger partial charge in [-0.2, -0.15) is 5.10 Å². The third kappa shape index (κ3) is 4.06. The largest absolute Gasteiger partial charge is 0.245 e. The van der Waals surface area contributed by atoms with Crippen LogP contribution in [-0.2, 0) is 0 Å². The van der Waals surface area contributed by atoms with Gasteiger partial charge in [-0.05, 0) is 25.0 Å². The van der Waals surface area contributed by atoms with Crippen LogP contribution in [0.3, 0.4) is 0 Å². The van der Waals surface area contributed by atoms with E-state index < -0.39 is 0 Å². The molecule has 0 fully saturated rings. The lowest BCUT2D eigenvalue weighted by molar-refractivity contribution is 0.498. The summed E-state index contributed by atoms with van der Waals surface area (Å²) >= 11 is 0. The van der Waals surface area contributed by atoms with E-state index in [4.69, 9.17) is 5.10 Å². The molecular formula is C17H27N3. The van der Waals surface area contributed by atoms with Crippen LogP contribution in [0.5, 0.6) is 0 Å². The molecule has 20 heavy (non-hydrogen) atoms. The minimum atomic E-state index is 0.617. The molecule has 3 nitrogen and oxygen atoms in total. The number of rotatable bonds is 9. The molecule has 0 aliphatic rings.